The number of hydrogen-bond donors (Lipinski definition) is 1. The van der Waals surface area contributed by atoms with Crippen molar-refractivity contribution in [3.05, 3.63) is 35.1 Å². The summed E-state index contributed by atoms with van der Waals surface area (Å²) in [6.07, 6.45) is 3.67. The summed E-state index contributed by atoms with van der Waals surface area (Å²) < 4.78 is 5.87. The number of nitrogen functional groups attached to an aromatic ring is 1. The lowest BCUT2D eigenvalue weighted by atomic mass is 10.0. The average molecular weight is 362 g/mol. The van der Waals surface area contributed by atoms with Crippen LogP contribution in [-0.4, -0.2) is 48.1 Å². The third-order valence-corrected chi connectivity index (χ3v) is 5.16. The SMILES string of the molecule is Cc1cc(Oc2ncnc(N(C)C3CCN(C)CC3)c2N)ccc1Cl. The topological polar surface area (TPSA) is 67.5 Å². The fourth-order valence-corrected chi connectivity index (χ4v) is 3.20. The summed E-state index contributed by atoms with van der Waals surface area (Å²) >= 11 is 6.06. The van der Waals surface area contributed by atoms with Crippen molar-refractivity contribution in [2.75, 3.05) is 37.8 Å². The average Bonchev–Trinajstić information content (AvgIpc) is 2.60. The number of ether oxygens (including phenoxy) is 1. The van der Waals surface area contributed by atoms with E-state index in [4.69, 9.17) is 22.1 Å². The van der Waals surface area contributed by atoms with Crippen molar-refractivity contribution < 1.29 is 4.74 Å². The molecule has 2 aromatic rings. The Balaban J connectivity index is 1.80. The molecule has 2 N–H and O–H groups in total. The van der Waals surface area contributed by atoms with Crippen molar-refractivity contribution in [3.63, 3.8) is 0 Å². The first kappa shape index (κ1) is 17.8. The van der Waals surface area contributed by atoms with Crippen LogP contribution in [0.4, 0.5) is 11.5 Å². The van der Waals surface area contributed by atoms with Crippen LogP contribution in [0, 0.1) is 6.92 Å². The maximum atomic E-state index is 6.31. The molecule has 1 aromatic heterocycles. The van der Waals surface area contributed by atoms with Gasteiger partial charge in [0.1, 0.15) is 17.8 Å². The fraction of sp³-hybridized carbons (Fsp3) is 0.444. The highest BCUT2D eigenvalue weighted by Crippen LogP contribution is 2.33. The van der Waals surface area contributed by atoms with Crippen molar-refractivity contribution in [1.29, 1.82) is 0 Å². The molecule has 1 aliphatic heterocycles. The van der Waals surface area contributed by atoms with Crippen molar-refractivity contribution in [2.45, 2.75) is 25.8 Å². The minimum absolute atomic E-state index is 0.367. The summed E-state index contributed by atoms with van der Waals surface area (Å²) in [7, 11) is 4.18. The van der Waals surface area contributed by atoms with E-state index >= 15 is 0 Å². The zero-order chi connectivity index (χ0) is 18.0. The molecule has 1 aliphatic rings. The lowest BCUT2D eigenvalue weighted by Crippen LogP contribution is -2.42. The highest BCUT2D eigenvalue weighted by molar-refractivity contribution is 6.31. The molecule has 3 rings (SSSR count). The van der Waals surface area contributed by atoms with Crippen LogP contribution in [0.5, 0.6) is 11.6 Å². The normalized spacial score (nSPS) is 16.0. The van der Waals surface area contributed by atoms with Crippen molar-refractivity contribution in [3.8, 4) is 11.6 Å². The number of hydrogen-bond acceptors (Lipinski definition) is 6. The number of rotatable bonds is 4. The van der Waals surface area contributed by atoms with Gasteiger partial charge in [0.15, 0.2) is 5.82 Å². The second kappa shape index (κ2) is 7.45. The molecule has 1 aromatic carbocycles. The summed E-state index contributed by atoms with van der Waals surface area (Å²) in [5.74, 6) is 1.73. The quantitative estimate of drug-likeness (QED) is 0.900. The number of aryl methyl sites for hydroxylation is 1. The van der Waals surface area contributed by atoms with E-state index in [1.165, 1.54) is 6.33 Å². The number of benzene rings is 1. The molecule has 2 heterocycles. The molecule has 0 saturated carbocycles. The van der Waals surface area contributed by atoms with E-state index in [1.807, 2.05) is 20.0 Å². The Hall–Kier alpha value is -2.05. The highest BCUT2D eigenvalue weighted by atomic mass is 35.5. The summed E-state index contributed by atoms with van der Waals surface area (Å²) in [4.78, 5) is 13.1. The minimum atomic E-state index is 0.367. The van der Waals surface area contributed by atoms with Crippen molar-refractivity contribution >= 4 is 23.1 Å². The second-order valence-corrected chi connectivity index (χ2v) is 6.98. The van der Waals surface area contributed by atoms with Gasteiger partial charge in [0, 0.05) is 18.1 Å². The zero-order valence-electron chi connectivity index (χ0n) is 14.9. The summed E-state index contributed by atoms with van der Waals surface area (Å²) in [6, 6.07) is 5.88. The van der Waals surface area contributed by atoms with Gasteiger partial charge in [0.2, 0.25) is 5.88 Å². The first-order chi connectivity index (χ1) is 12.0. The first-order valence-corrected chi connectivity index (χ1v) is 8.79. The van der Waals surface area contributed by atoms with Gasteiger partial charge in [0.25, 0.3) is 0 Å². The van der Waals surface area contributed by atoms with Crippen LogP contribution >= 0.6 is 11.6 Å². The van der Waals surface area contributed by atoms with Crippen LogP contribution in [0.3, 0.4) is 0 Å². The number of anilines is 2. The van der Waals surface area contributed by atoms with Gasteiger partial charge in [-0.1, -0.05) is 11.6 Å². The maximum absolute atomic E-state index is 6.31. The number of piperidine rings is 1. The van der Waals surface area contributed by atoms with Crippen LogP contribution in [0.15, 0.2) is 24.5 Å². The van der Waals surface area contributed by atoms with Gasteiger partial charge in [0.05, 0.1) is 0 Å². The summed E-state index contributed by atoms with van der Waals surface area (Å²) in [5.41, 5.74) is 7.70. The van der Waals surface area contributed by atoms with Gasteiger partial charge in [-0.15, -0.1) is 0 Å². The highest BCUT2D eigenvalue weighted by Gasteiger charge is 2.24. The Labute approximate surface area is 153 Å². The lowest BCUT2D eigenvalue weighted by molar-refractivity contribution is 0.252. The van der Waals surface area contributed by atoms with E-state index in [1.54, 1.807) is 12.1 Å². The van der Waals surface area contributed by atoms with Crippen LogP contribution in [0.1, 0.15) is 18.4 Å². The van der Waals surface area contributed by atoms with E-state index in [-0.39, 0.29) is 0 Å². The molecule has 0 aliphatic carbocycles. The number of likely N-dealkylation sites (tertiary alicyclic amines) is 1. The molecular weight excluding hydrogens is 338 g/mol. The molecule has 7 heteroatoms. The molecular formula is C18H24ClN5O. The molecule has 1 saturated heterocycles. The van der Waals surface area contributed by atoms with Crippen molar-refractivity contribution in [2.24, 2.45) is 0 Å². The van der Waals surface area contributed by atoms with Gasteiger partial charge < -0.3 is 20.3 Å². The molecule has 0 spiro atoms. The molecule has 0 atom stereocenters. The van der Waals surface area contributed by atoms with Gasteiger partial charge in [-0.2, -0.15) is 4.98 Å². The van der Waals surface area contributed by atoms with Gasteiger partial charge >= 0.3 is 0 Å². The maximum Gasteiger partial charge on any atom is 0.248 e. The smallest absolute Gasteiger partial charge is 0.248 e. The van der Waals surface area contributed by atoms with Gasteiger partial charge in [-0.05, 0) is 63.7 Å². The van der Waals surface area contributed by atoms with E-state index in [0.717, 1.165) is 31.5 Å². The predicted molar refractivity (Wildman–Crippen MR) is 102 cm³/mol. The van der Waals surface area contributed by atoms with E-state index in [9.17, 15) is 0 Å². The Morgan fingerprint density at radius 3 is 2.68 bits per heavy atom. The summed E-state index contributed by atoms with van der Waals surface area (Å²) in [5, 5.41) is 0.700. The lowest BCUT2D eigenvalue weighted by Gasteiger charge is -2.36. The molecule has 0 radical (unpaired) electrons. The van der Waals surface area contributed by atoms with Crippen molar-refractivity contribution in [1.82, 2.24) is 14.9 Å². The second-order valence-electron chi connectivity index (χ2n) is 6.57. The zero-order valence-corrected chi connectivity index (χ0v) is 15.6. The monoisotopic (exact) mass is 361 g/mol. The van der Waals surface area contributed by atoms with Crippen LogP contribution in [-0.2, 0) is 0 Å². The summed E-state index contributed by atoms with van der Waals surface area (Å²) in [6.45, 7) is 4.08. The van der Waals surface area contributed by atoms with Gasteiger partial charge in [-0.3, -0.25) is 0 Å². The van der Waals surface area contributed by atoms with E-state index in [0.29, 0.717) is 34.2 Å². The van der Waals surface area contributed by atoms with Crippen LogP contribution < -0.4 is 15.4 Å². The third-order valence-electron chi connectivity index (χ3n) is 4.74. The number of nitrogens with two attached hydrogens (primary N) is 1. The van der Waals surface area contributed by atoms with Gasteiger partial charge in [-0.25, -0.2) is 4.98 Å². The molecule has 134 valence electrons. The van der Waals surface area contributed by atoms with Crippen LogP contribution in [0.25, 0.3) is 0 Å². The Kier molecular flexibility index (Phi) is 5.30. The Morgan fingerprint density at radius 1 is 1.28 bits per heavy atom. The minimum Gasteiger partial charge on any atom is -0.437 e. The Morgan fingerprint density at radius 2 is 2.00 bits per heavy atom. The van der Waals surface area contributed by atoms with Crippen LogP contribution in [0.2, 0.25) is 5.02 Å². The molecule has 25 heavy (non-hydrogen) atoms. The molecule has 0 unspecified atom stereocenters. The number of aromatic nitrogens is 2. The fourth-order valence-electron chi connectivity index (χ4n) is 3.08. The van der Waals surface area contributed by atoms with E-state index in [2.05, 4.69) is 26.8 Å². The standard InChI is InChI=1S/C18H24ClN5O/c1-12-10-14(4-5-15(12)19)25-18-16(20)17(21-11-22-18)24(3)13-6-8-23(2)9-7-13/h4-5,10-11,13H,6-9,20H2,1-3H3. The Bertz CT molecular complexity index is 746. The number of nitrogens with zero attached hydrogens (tertiary/aromatic N) is 4. The van der Waals surface area contributed by atoms with E-state index < -0.39 is 0 Å². The largest absolute Gasteiger partial charge is 0.437 e. The molecule has 0 bridgehead atoms. The molecule has 1 fully saturated rings. The first-order valence-electron chi connectivity index (χ1n) is 8.41. The molecule has 6 nitrogen and oxygen atoms in total. The molecule has 0 amide bonds. The number of halogens is 1. The predicted octanol–water partition coefficient (Wildman–Crippen LogP) is 3.34. The third kappa shape index (κ3) is 3.96.